The maximum Gasteiger partial charge on any atom is 0.269 e. The predicted octanol–water partition coefficient (Wildman–Crippen LogP) is 0.353. The van der Waals surface area contributed by atoms with Gasteiger partial charge < -0.3 is 5.32 Å². The molecule has 1 aliphatic rings. The standard InChI is InChI=1S/C5H7N2O/c8-7-4-2-1-3-6-5-7/h1-4,6H,5H2/q+1. The van der Waals surface area contributed by atoms with Crippen LogP contribution in [0.1, 0.15) is 0 Å². The first kappa shape index (κ1) is 5.03. The molecule has 0 atom stereocenters. The molecule has 0 radical (unpaired) electrons. The van der Waals surface area contributed by atoms with Crippen LogP contribution in [0, 0.1) is 4.91 Å². The highest BCUT2D eigenvalue weighted by Gasteiger charge is 1.99. The Kier molecular flexibility index (Phi) is 1.42. The lowest BCUT2D eigenvalue weighted by molar-refractivity contribution is -0.482. The lowest BCUT2D eigenvalue weighted by Crippen LogP contribution is -2.14. The summed E-state index contributed by atoms with van der Waals surface area (Å²) in [7, 11) is 0. The van der Waals surface area contributed by atoms with Gasteiger partial charge in [0.1, 0.15) is 0 Å². The number of nitroso groups, excluding NO2 is 1. The summed E-state index contributed by atoms with van der Waals surface area (Å²) in [5.74, 6) is 0. The van der Waals surface area contributed by atoms with E-state index in [1.807, 2.05) is 0 Å². The van der Waals surface area contributed by atoms with E-state index in [9.17, 15) is 4.91 Å². The van der Waals surface area contributed by atoms with Crippen LogP contribution in [0.25, 0.3) is 0 Å². The molecule has 0 aromatic heterocycles. The fourth-order valence-electron chi connectivity index (χ4n) is 0.465. The van der Waals surface area contributed by atoms with Gasteiger partial charge in [-0.15, -0.1) is 0 Å². The van der Waals surface area contributed by atoms with E-state index < -0.39 is 0 Å². The summed E-state index contributed by atoms with van der Waals surface area (Å²) in [5.41, 5.74) is 0. The third-order valence-corrected chi connectivity index (χ3v) is 0.825. The lowest BCUT2D eigenvalue weighted by atomic mass is 10.6. The molecule has 0 aromatic carbocycles. The van der Waals surface area contributed by atoms with Gasteiger partial charge >= 0.3 is 0 Å². The van der Waals surface area contributed by atoms with E-state index in [-0.39, 0.29) is 0 Å². The van der Waals surface area contributed by atoms with Crippen LogP contribution in [-0.2, 0) is 0 Å². The SMILES string of the molecule is O=[N+]1C=CC=CNC1. The van der Waals surface area contributed by atoms with Crippen LogP contribution in [0.3, 0.4) is 0 Å². The zero-order valence-corrected chi connectivity index (χ0v) is 4.37. The first-order valence-corrected chi connectivity index (χ1v) is 2.40. The smallest absolute Gasteiger partial charge is 0.269 e. The molecule has 3 heteroatoms. The molecular formula is C5H7N2O+. The molecule has 42 valence electrons. The largest absolute Gasteiger partial charge is 0.333 e. The Morgan fingerprint density at radius 3 is 3.25 bits per heavy atom. The van der Waals surface area contributed by atoms with Gasteiger partial charge in [0.15, 0.2) is 0 Å². The van der Waals surface area contributed by atoms with Crippen LogP contribution in [0.2, 0.25) is 0 Å². The van der Waals surface area contributed by atoms with Crippen molar-refractivity contribution in [3.8, 4) is 0 Å². The second-order valence-corrected chi connectivity index (χ2v) is 1.48. The van der Waals surface area contributed by atoms with Crippen molar-refractivity contribution in [1.29, 1.82) is 0 Å². The molecule has 1 rings (SSSR count). The summed E-state index contributed by atoms with van der Waals surface area (Å²) in [5, 5.41) is 2.77. The van der Waals surface area contributed by atoms with E-state index in [4.69, 9.17) is 0 Å². The monoisotopic (exact) mass is 111 g/mol. The molecule has 0 saturated heterocycles. The van der Waals surface area contributed by atoms with Crippen molar-refractivity contribution in [1.82, 2.24) is 5.32 Å². The molecule has 1 N–H and O–H groups in total. The van der Waals surface area contributed by atoms with Gasteiger partial charge in [0.2, 0.25) is 6.20 Å². The summed E-state index contributed by atoms with van der Waals surface area (Å²) < 4.78 is 0.819. The maximum atomic E-state index is 10.4. The van der Waals surface area contributed by atoms with Gasteiger partial charge in [0.25, 0.3) is 6.67 Å². The number of hydrogen-bond donors (Lipinski definition) is 1. The normalized spacial score (nSPS) is 17.8. The first-order chi connectivity index (χ1) is 3.89. The second kappa shape index (κ2) is 2.26. The minimum atomic E-state index is 0.340. The topological polar surface area (TPSA) is 32.1 Å². The molecule has 8 heavy (non-hydrogen) atoms. The third kappa shape index (κ3) is 1.18. The Balaban J connectivity index is 2.58. The molecule has 1 heterocycles. The average Bonchev–Trinajstić information content (AvgIpc) is 1.94. The van der Waals surface area contributed by atoms with Crippen molar-refractivity contribution in [2.75, 3.05) is 6.67 Å². The van der Waals surface area contributed by atoms with Crippen molar-refractivity contribution < 1.29 is 4.76 Å². The Morgan fingerprint density at radius 2 is 2.38 bits per heavy atom. The van der Waals surface area contributed by atoms with Crippen molar-refractivity contribution in [3.63, 3.8) is 0 Å². The first-order valence-electron chi connectivity index (χ1n) is 2.40. The van der Waals surface area contributed by atoms with Crippen molar-refractivity contribution in [3.05, 3.63) is 29.5 Å². The molecule has 0 spiro atoms. The minimum absolute atomic E-state index is 0.340. The number of rotatable bonds is 0. The Bertz CT molecular complexity index is 149. The summed E-state index contributed by atoms with van der Waals surface area (Å²) in [6, 6.07) is 0. The Morgan fingerprint density at radius 1 is 1.50 bits per heavy atom. The van der Waals surface area contributed by atoms with Crippen molar-refractivity contribution in [2.24, 2.45) is 0 Å². The highest BCUT2D eigenvalue weighted by atomic mass is 16.3. The summed E-state index contributed by atoms with van der Waals surface area (Å²) >= 11 is 0. The molecule has 3 nitrogen and oxygen atoms in total. The molecule has 0 aliphatic carbocycles. The number of allylic oxidation sites excluding steroid dienone is 2. The summed E-state index contributed by atoms with van der Waals surface area (Å²) in [6.45, 7) is 0.340. The molecule has 0 saturated carbocycles. The van der Waals surface area contributed by atoms with Crippen LogP contribution in [0.4, 0.5) is 0 Å². The van der Waals surface area contributed by atoms with Gasteiger partial charge in [-0.1, -0.05) is 0 Å². The molecule has 0 aromatic rings. The van der Waals surface area contributed by atoms with Crippen LogP contribution in [0.15, 0.2) is 24.6 Å². The van der Waals surface area contributed by atoms with E-state index in [2.05, 4.69) is 5.32 Å². The molecule has 0 unspecified atom stereocenters. The zero-order valence-electron chi connectivity index (χ0n) is 4.37. The maximum absolute atomic E-state index is 10.4. The quantitative estimate of drug-likeness (QED) is 0.457. The van der Waals surface area contributed by atoms with Crippen molar-refractivity contribution >= 4 is 0 Å². The van der Waals surface area contributed by atoms with E-state index in [1.165, 1.54) is 6.20 Å². The van der Waals surface area contributed by atoms with E-state index >= 15 is 0 Å². The summed E-state index contributed by atoms with van der Waals surface area (Å²) in [4.78, 5) is 10.4. The van der Waals surface area contributed by atoms with Crippen LogP contribution >= 0.6 is 0 Å². The third-order valence-electron chi connectivity index (χ3n) is 0.825. The van der Waals surface area contributed by atoms with E-state index in [0.29, 0.717) is 6.67 Å². The van der Waals surface area contributed by atoms with Gasteiger partial charge in [-0.2, -0.15) is 0 Å². The highest BCUT2D eigenvalue weighted by molar-refractivity contribution is 4.98. The fourth-order valence-corrected chi connectivity index (χ4v) is 0.465. The number of hydrogen-bond acceptors (Lipinski definition) is 2. The minimum Gasteiger partial charge on any atom is -0.333 e. The van der Waals surface area contributed by atoms with Gasteiger partial charge in [0, 0.05) is 17.2 Å². The van der Waals surface area contributed by atoms with E-state index in [1.54, 1.807) is 18.4 Å². The Labute approximate surface area is 47.3 Å². The zero-order chi connectivity index (χ0) is 5.82. The molecular weight excluding hydrogens is 104 g/mol. The number of nitrogens with zero attached hydrogens (tertiary/aromatic N) is 1. The van der Waals surface area contributed by atoms with E-state index in [0.717, 1.165) is 4.76 Å². The van der Waals surface area contributed by atoms with Crippen LogP contribution in [-0.4, -0.2) is 11.4 Å². The second-order valence-electron chi connectivity index (χ2n) is 1.48. The predicted molar refractivity (Wildman–Crippen MR) is 29.9 cm³/mol. The van der Waals surface area contributed by atoms with Gasteiger partial charge in [-0.05, 0) is 6.08 Å². The lowest BCUT2D eigenvalue weighted by Gasteiger charge is -1.82. The molecule has 0 amide bonds. The molecule has 0 bridgehead atoms. The van der Waals surface area contributed by atoms with Gasteiger partial charge in [-0.3, -0.25) is 0 Å². The van der Waals surface area contributed by atoms with Crippen molar-refractivity contribution in [2.45, 2.75) is 0 Å². The molecule has 1 aliphatic heterocycles. The highest BCUT2D eigenvalue weighted by Crippen LogP contribution is 1.81. The number of nitrogens with one attached hydrogen (secondary N) is 1. The van der Waals surface area contributed by atoms with Crippen LogP contribution < -0.4 is 5.32 Å². The fraction of sp³-hybridized carbons (Fsp3) is 0.200. The average molecular weight is 111 g/mol. The van der Waals surface area contributed by atoms with Crippen LogP contribution in [0.5, 0.6) is 0 Å². The Hall–Kier alpha value is -1.12. The summed E-state index contributed by atoms with van der Waals surface area (Å²) in [6.07, 6.45) is 6.66. The van der Waals surface area contributed by atoms with Gasteiger partial charge in [-0.25, -0.2) is 0 Å². The molecule has 0 fully saturated rings. The van der Waals surface area contributed by atoms with Gasteiger partial charge in [0.05, 0.1) is 4.76 Å².